The van der Waals surface area contributed by atoms with Crippen LogP contribution in [0.5, 0.6) is 0 Å². The molecule has 2 unspecified atom stereocenters. The standard InChI is InChI=1S/C14H20FN3O/c1-9-5-6-11(7-9)17-8-10-3-2-4-12(13(10)15)14(16)18-19/h2-4,9,11,17,19H,5-8H2,1H3,(H2,16,18). The zero-order valence-electron chi connectivity index (χ0n) is 11.1. The SMILES string of the molecule is CC1CCC(NCc2cccc(/C(N)=N/O)c2F)C1. The van der Waals surface area contributed by atoms with E-state index in [-0.39, 0.29) is 11.4 Å². The Morgan fingerprint density at radius 1 is 1.53 bits per heavy atom. The third-order valence-electron chi connectivity index (χ3n) is 3.74. The number of nitrogens with zero attached hydrogens (tertiary/aromatic N) is 1. The fraction of sp³-hybridized carbons (Fsp3) is 0.500. The van der Waals surface area contributed by atoms with Gasteiger partial charge in [0.2, 0.25) is 0 Å². The first-order chi connectivity index (χ1) is 9.11. The van der Waals surface area contributed by atoms with E-state index in [1.807, 2.05) is 0 Å². The van der Waals surface area contributed by atoms with E-state index in [1.165, 1.54) is 12.5 Å². The summed E-state index contributed by atoms with van der Waals surface area (Å²) in [6, 6.07) is 5.40. The van der Waals surface area contributed by atoms with Crippen LogP contribution in [-0.2, 0) is 6.54 Å². The highest BCUT2D eigenvalue weighted by Crippen LogP contribution is 2.25. The summed E-state index contributed by atoms with van der Waals surface area (Å²) in [5, 5.41) is 14.8. The zero-order chi connectivity index (χ0) is 13.8. The third kappa shape index (κ3) is 3.23. The van der Waals surface area contributed by atoms with Crippen molar-refractivity contribution in [1.82, 2.24) is 5.32 Å². The summed E-state index contributed by atoms with van der Waals surface area (Å²) < 4.78 is 14.1. The van der Waals surface area contributed by atoms with E-state index in [4.69, 9.17) is 10.9 Å². The fourth-order valence-corrected chi connectivity index (χ4v) is 2.61. The minimum absolute atomic E-state index is 0.140. The molecule has 1 saturated carbocycles. The second-order valence-corrected chi connectivity index (χ2v) is 5.26. The monoisotopic (exact) mass is 265 g/mol. The number of nitrogens with one attached hydrogen (secondary N) is 1. The van der Waals surface area contributed by atoms with Gasteiger partial charge in [0.15, 0.2) is 5.84 Å². The van der Waals surface area contributed by atoms with Gasteiger partial charge in [-0.3, -0.25) is 0 Å². The quantitative estimate of drug-likeness (QED) is 0.338. The van der Waals surface area contributed by atoms with Gasteiger partial charge in [0.1, 0.15) is 5.82 Å². The van der Waals surface area contributed by atoms with Crippen LogP contribution in [0.25, 0.3) is 0 Å². The maximum atomic E-state index is 14.1. The second kappa shape index (κ2) is 6.02. The number of benzene rings is 1. The molecule has 2 atom stereocenters. The van der Waals surface area contributed by atoms with Gasteiger partial charge in [0, 0.05) is 18.2 Å². The number of oxime groups is 1. The lowest BCUT2D eigenvalue weighted by atomic mass is 10.1. The van der Waals surface area contributed by atoms with Gasteiger partial charge in [-0.25, -0.2) is 4.39 Å². The van der Waals surface area contributed by atoms with Crippen molar-refractivity contribution < 1.29 is 9.60 Å². The smallest absolute Gasteiger partial charge is 0.173 e. The second-order valence-electron chi connectivity index (χ2n) is 5.26. The van der Waals surface area contributed by atoms with E-state index in [9.17, 15) is 4.39 Å². The van der Waals surface area contributed by atoms with Crippen LogP contribution in [0.15, 0.2) is 23.4 Å². The molecular formula is C14H20FN3O. The molecule has 1 aromatic rings. The molecule has 0 amide bonds. The molecule has 0 radical (unpaired) electrons. The van der Waals surface area contributed by atoms with Crippen molar-refractivity contribution in [2.24, 2.45) is 16.8 Å². The van der Waals surface area contributed by atoms with Crippen molar-refractivity contribution in [2.45, 2.75) is 38.8 Å². The Morgan fingerprint density at radius 2 is 2.32 bits per heavy atom. The van der Waals surface area contributed by atoms with E-state index in [0.717, 1.165) is 18.8 Å². The van der Waals surface area contributed by atoms with Crippen LogP contribution in [0, 0.1) is 11.7 Å². The molecule has 0 saturated heterocycles. The molecule has 0 aromatic heterocycles. The largest absolute Gasteiger partial charge is 0.409 e. The average Bonchev–Trinajstić information content (AvgIpc) is 2.82. The van der Waals surface area contributed by atoms with Crippen molar-refractivity contribution in [3.63, 3.8) is 0 Å². The van der Waals surface area contributed by atoms with E-state index in [0.29, 0.717) is 18.2 Å². The maximum Gasteiger partial charge on any atom is 0.173 e. The highest BCUT2D eigenvalue weighted by molar-refractivity contribution is 5.97. The van der Waals surface area contributed by atoms with E-state index < -0.39 is 5.82 Å². The summed E-state index contributed by atoms with van der Waals surface area (Å²) in [5.74, 6) is 0.121. The first kappa shape index (κ1) is 13.8. The summed E-state index contributed by atoms with van der Waals surface area (Å²) >= 11 is 0. The molecular weight excluding hydrogens is 245 g/mol. The van der Waals surface area contributed by atoms with Crippen LogP contribution in [-0.4, -0.2) is 17.1 Å². The zero-order valence-corrected chi connectivity index (χ0v) is 11.1. The topological polar surface area (TPSA) is 70.6 Å². The van der Waals surface area contributed by atoms with Crippen LogP contribution in [0.4, 0.5) is 4.39 Å². The highest BCUT2D eigenvalue weighted by Gasteiger charge is 2.21. The lowest BCUT2D eigenvalue weighted by molar-refractivity contribution is 0.318. The first-order valence-electron chi connectivity index (χ1n) is 6.60. The molecule has 1 fully saturated rings. The van der Waals surface area contributed by atoms with Crippen molar-refractivity contribution in [2.75, 3.05) is 0 Å². The number of halogens is 1. The summed E-state index contributed by atoms with van der Waals surface area (Å²) in [6.07, 6.45) is 3.51. The summed E-state index contributed by atoms with van der Waals surface area (Å²) in [4.78, 5) is 0. The number of amidine groups is 1. The average molecular weight is 265 g/mol. The number of hydrogen-bond acceptors (Lipinski definition) is 3. The van der Waals surface area contributed by atoms with E-state index >= 15 is 0 Å². The van der Waals surface area contributed by atoms with Crippen LogP contribution >= 0.6 is 0 Å². The molecule has 4 N–H and O–H groups in total. The molecule has 5 heteroatoms. The Bertz CT molecular complexity index is 476. The molecule has 104 valence electrons. The maximum absolute atomic E-state index is 14.1. The third-order valence-corrected chi connectivity index (χ3v) is 3.74. The van der Waals surface area contributed by atoms with Crippen molar-refractivity contribution in [3.05, 3.63) is 35.1 Å². The summed E-state index contributed by atoms with van der Waals surface area (Å²) in [5.41, 5.74) is 6.13. The van der Waals surface area contributed by atoms with Crippen LogP contribution < -0.4 is 11.1 Å². The van der Waals surface area contributed by atoms with Gasteiger partial charge in [-0.05, 0) is 31.2 Å². The molecule has 19 heavy (non-hydrogen) atoms. The lowest BCUT2D eigenvalue weighted by Gasteiger charge is -2.13. The molecule has 0 bridgehead atoms. The number of nitrogens with two attached hydrogens (primary N) is 1. The minimum atomic E-state index is -0.420. The lowest BCUT2D eigenvalue weighted by Crippen LogP contribution is -2.26. The van der Waals surface area contributed by atoms with Crippen molar-refractivity contribution >= 4 is 5.84 Å². The number of rotatable bonds is 4. The minimum Gasteiger partial charge on any atom is -0.409 e. The molecule has 0 heterocycles. The van der Waals surface area contributed by atoms with Gasteiger partial charge in [-0.1, -0.05) is 24.2 Å². The normalized spacial score (nSPS) is 23.8. The van der Waals surface area contributed by atoms with Gasteiger partial charge >= 0.3 is 0 Å². The van der Waals surface area contributed by atoms with Gasteiger partial charge < -0.3 is 16.3 Å². The van der Waals surface area contributed by atoms with E-state index in [2.05, 4.69) is 17.4 Å². The van der Waals surface area contributed by atoms with Gasteiger partial charge in [-0.15, -0.1) is 0 Å². The molecule has 2 rings (SSSR count). The van der Waals surface area contributed by atoms with Crippen molar-refractivity contribution in [3.8, 4) is 0 Å². The predicted molar refractivity (Wildman–Crippen MR) is 72.6 cm³/mol. The molecule has 4 nitrogen and oxygen atoms in total. The van der Waals surface area contributed by atoms with Crippen LogP contribution in [0.1, 0.15) is 37.3 Å². The Balaban J connectivity index is 2.04. The van der Waals surface area contributed by atoms with Crippen LogP contribution in [0.2, 0.25) is 0 Å². The van der Waals surface area contributed by atoms with Crippen LogP contribution in [0.3, 0.4) is 0 Å². The van der Waals surface area contributed by atoms with Gasteiger partial charge in [0.05, 0.1) is 5.56 Å². The number of hydrogen-bond donors (Lipinski definition) is 3. The Morgan fingerprint density at radius 3 is 2.95 bits per heavy atom. The Labute approximate surface area is 112 Å². The molecule has 1 aliphatic rings. The van der Waals surface area contributed by atoms with Gasteiger partial charge in [-0.2, -0.15) is 0 Å². The first-order valence-corrected chi connectivity index (χ1v) is 6.60. The Kier molecular flexibility index (Phi) is 4.37. The molecule has 0 aliphatic heterocycles. The molecule has 1 aromatic carbocycles. The van der Waals surface area contributed by atoms with Crippen molar-refractivity contribution in [1.29, 1.82) is 0 Å². The Hall–Kier alpha value is -1.62. The van der Waals surface area contributed by atoms with E-state index in [1.54, 1.807) is 12.1 Å². The summed E-state index contributed by atoms with van der Waals surface area (Å²) in [6.45, 7) is 2.71. The summed E-state index contributed by atoms with van der Waals surface area (Å²) in [7, 11) is 0. The molecule has 0 spiro atoms. The van der Waals surface area contributed by atoms with Gasteiger partial charge in [0.25, 0.3) is 0 Å². The highest BCUT2D eigenvalue weighted by atomic mass is 19.1. The predicted octanol–water partition coefficient (Wildman–Crippen LogP) is 2.20. The molecule has 1 aliphatic carbocycles. The fourth-order valence-electron chi connectivity index (χ4n) is 2.61.